The Morgan fingerprint density at radius 2 is 2.09 bits per heavy atom. The molecule has 22 heavy (non-hydrogen) atoms. The van der Waals surface area contributed by atoms with Crippen LogP contribution in [-0.4, -0.2) is 23.2 Å². The van der Waals surface area contributed by atoms with Gasteiger partial charge in [-0.25, -0.2) is 9.78 Å². The third-order valence-electron chi connectivity index (χ3n) is 3.88. The number of thiazole rings is 1. The minimum absolute atomic E-state index is 0.0321. The molecule has 2 amide bonds. The molecule has 0 spiro atoms. The van der Waals surface area contributed by atoms with Crippen LogP contribution in [0.1, 0.15) is 41.3 Å². The number of amides is 2. The molecule has 0 bridgehead atoms. The topological polar surface area (TPSA) is 54.0 Å². The maximum absolute atomic E-state index is 12.7. The van der Waals surface area contributed by atoms with Crippen LogP contribution in [0.2, 0.25) is 0 Å². The number of hydrogen-bond acceptors (Lipinski definition) is 3. The monoisotopic (exact) mass is 335 g/mol. The summed E-state index contributed by atoms with van der Waals surface area (Å²) in [6.45, 7) is 4.10. The second-order valence-corrected chi connectivity index (χ2v) is 6.96. The van der Waals surface area contributed by atoms with Gasteiger partial charge in [-0.15, -0.1) is 11.3 Å². The highest BCUT2D eigenvalue weighted by atomic mass is 32.1. The normalized spacial score (nSPS) is 22.4. The zero-order chi connectivity index (χ0) is 16.3. The van der Waals surface area contributed by atoms with Crippen LogP contribution in [0.3, 0.4) is 0 Å². The summed E-state index contributed by atoms with van der Waals surface area (Å²) in [6, 6.07) is -0.831. The number of carbonyl (C=O) groups excluding carboxylic acids is 1. The molecule has 1 aromatic heterocycles. The molecule has 0 aliphatic heterocycles. The molecule has 1 aromatic rings. The van der Waals surface area contributed by atoms with Gasteiger partial charge in [-0.1, -0.05) is 6.42 Å². The number of halogens is 3. The molecule has 0 aromatic carbocycles. The van der Waals surface area contributed by atoms with Crippen molar-refractivity contribution in [3.63, 3.8) is 0 Å². The number of hydrogen-bond donors (Lipinski definition) is 2. The third kappa shape index (κ3) is 4.59. The summed E-state index contributed by atoms with van der Waals surface area (Å²) in [5, 5.41) is 6.27. The molecule has 1 heterocycles. The van der Waals surface area contributed by atoms with Crippen molar-refractivity contribution in [3.8, 4) is 0 Å². The minimum Gasteiger partial charge on any atom is -0.335 e. The molecule has 4 nitrogen and oxygen atoms in total. The van der Waals surface area contributed by atoms with Crippen molar-refractivity contribution < 1.29 is 18.0 Å². The van der Waals surface area contributed by atoms with Crippen LogP contribution in [0.4, 0.5) is 18.0 Å². The summed E-state index contributed by atoms with van der Waals surface area (Å²) in [7, 11) is 0. The van der Waals surface area contributed by atoms with Gasteiger partial charge in [0.1, 0.15) is 0 Å². The third-order valence-corrected chi connectivity index (χ3v) is 4.95. The number of aryl methyl sites for hydroxylation is 2. The van der Waals surface area contributed by atoms with Gasteiger partial charge in [0, 0.05) is 10.9 Å². The molecule has 2 atom stereocenters. The molecule has 1 aliphatic carbocycles. The summed E-state index contributed by atoms with van der Waals surface area (Å²) < 4.78 is 38.2. The highest BCUT2D eigenvalue weighted by Crippen LogP contribution is 2.37. The molecule has 124 valence electrons. The standard InChI is InChI=1S/C14H20F3N3OS/c1-8-12(22-9(2)19-8)7-18-13(21)20-11-5-3-4-10(6-11)14(15,16)17/h10-11H,3-7H2,1-2H3,(H2,18,20,21)/t10-,11-/m0/s1. The maximum atomic E-state index is 12.7. The second-order valence-electron chi connectivity index (χ2n) is 5.67. The van der Waals surface area contributed by atoms with Crippen LogP contribution >= 0.6 is 11.3 Å². The van der Waals surface area contributed by atoms with E-state index >= 15 is 0 Å². The fourth-order valence-corrected chi connectivity index (χ4v) is 3.63. The Bertz CT molecular complexity index is 530. The number of rotatable bonds is 3. The quantitative estimate of drug-likeness (QED) is 0.885. The van der Waals surface area contributed by atoms with E-state index in [4.69, 9.17) is 0 Å². The average Bonchev–Trinajstić information content (AvgIpc) is 2.74. The number of alkyl halides is 3. The molecular formula is C14H20F3N3OS. The van der Waals surface area contributed by atoms with Gasteiger partial charge in [-0.05, 0) is 33.1 Å². The summed E-state index contributed by atoms with van der Waals surface area (Å²) in [6.07, 6.45) is -2.96. The van der Waals surface area contributed by atoms with Crippen LogP contribution in [0.25, 0.3) is 0 Å². The van der Waals surface area contributed by atoms with Gasteiger partial charge in [-0.2, -0.15) is 13.2 Å². The Hall–Kier alpha value is -1.31. The van der Waals surface area contributed by atoms with Crippen molar-refractivity contribution in [3.05, 3.63) is 15.6 Å². The number of nitrogens with one attached hydrogen (secondary N) is 2. The van der Waals surface area contributed by atoms with Gasteiger partial charge in [0.2, 0.25) is 0 Å². The average molecular weight is 335 g/mol. The van der Waals surface area contributed by atoms with E-state index in [-0.39, 0.29) is 12.8 Å². The van der Waals surface area contributed by atoms with Crippen LogP contribution < -0.4 is 10.6 Å². The van der Waals surface area contributed by atoms with E-state index in [9.17, 15) is 18.0 Å². The lowest BCUT2D eigenvalue weighted by Gasteiger charge is -2.31. The van der Waals surface area contributed by atoms with E-state index in [0.29, 0.717) is 19.4 Å². The van der Waals surface area contributed by atoms with E-state index in [2.05, 4.69) is 15.6 Å². The Kier molecular flexibility index (Phi) is 5.31. The number of urea groups is 1. The first kappa shape index (κ1) is 17.1. The molecule has 1 fully saturated rings. The first-order chi connectivity index (χ1) is 10.3. The van der Waals surface area contributed by atoms with Gasteiger partial charge >= 0.3 is 12.2 Å². The Balaban J connectivity index is 1.80. The minimum atomic E-state index is -4.17. The molecule has 1 saturated carbocycles. The Labute approximate surface area is 131 Å². The Morgan fingerprint density at radius 1 is 1.36 bits per heavy atom. The molecule has 0 radical (unpaired) electrons. The lowest BCUT2D eigenvalue weighted by molar-refractivity contribution is -0.183. The number of aromatic nitrogens is 1. The van der Waals surface area contributed by atoms with Gasteiger partial charge < -0.3 is 10.6 Å². The SMILES string of the molecule is Cc1nc(C)c(CNC(=O)N[C@H]2CCC[C@H](C(F)(F)F)C2)s1. The predicted octanol–water partition coefficient (Wildman–Crippen LogP) is 3.68. The molecule has 0 saturated heterocycles. The van der Waals surface area contributed by atoms with Crippen LogP contribution in [0.15, 0.2) is 0 Å². The molecule has 2 rings (SSSR count). The Morgan fingerprint density at radius 3 is 2.68 bits per heavy atom. The number of nitrogens with zero attached hydrogens (tertiary/aromatic N) is 1. The van der Waals surface area contributed by atoms with Crippen molar-refractivity contribution >= 4 is 17.4 Å². The molecule has 1 aliphatic rings. The molecular weight excluding hydrogens is 315 g/mol. The lowest BCUT2D eigenvalue weighted by Crippen LogP contribution is -2.45. The first-order valence-corrected chi connectivity index (χ1v) is 8.11. The van der Waals surface area contributed by atoms with Crippen LogP contribution in [0, 0.1) is 19.8 Å². The van der Waals surface area contributed by atoms with E-state index in [0.717, 1.165) is 15.6 Å². The van der Waals surface area contributed by atoms with Crippen molar-refractivity contribution in [2.75, 3.05) is 0 Å². The molecule has 0 unspecified atom stereocenters. The first-order valence-electron chi connectivity index (χ1n) is 7.29. The zero-order valence-electron chi connectivity index (χ0n) is 12.6. The van der Waals surface area contributed by atoms with Crippen molar-refractivity contribution in [1.82, 2.24) is 15.6 Å². The fraction of sp³-hybridized carbons (Fsp3) is 0.714. The summed E-state index contributed by atoms with van der Waals surface area (Å²) in [5.41, 5.74) is 0.873. The summed E-state index contributed by atoms with van der Waals surface area (Å²) in [5.74, 6) is -1.31. The maximum Gasteiger partial charge on any atom is 0.391 e. The predicted molar refractivity (Wildman–Crippen MR) is 78.8 cm³/mol. The smallest absolute Gasteiger partial charge is 0.335 e. The van der Waals surface area contributed by atoms with Crippen molar-refractivity contribution in [1.29, 1.82) is 0 Å². The molecule has 8 heteroatoms. The largest absolute Gasteiger partial charge is 0.391 e. The van der Waals surface area contributed by atoms with Gasteiger partial charge in [-0.3, -0.25) is 0 Å². The lowest BCUT2D eigenvalue weighted by atomic mass is 9.85. The highest BCUT2D eigenvalue weighted by Gasteiger charge is 2.42. The van der Waals surface area contributed by atoms with E-state index in [1.165, 1.54) is 11.3 Å². The van der Waals surface area contributed by atoms with Gasteiger partial charge in [0.25, 0.3) is 0 Å². The highest BCUT2D eigenvalue weighted by molar-refractivity contribution is 7.11. The van der Waals surface area contributed by atoms with Crippen molar-refractivity contribution in [2.45, 2.75) is 58.3 Å². The zero-order valence-corrected chi connectivity index (χ0v) is 13.4. The number of carbonyl (C=O) groups is 1. The van der Waals surface area contributed by atoms with Gasteiger partial charge in [0.15, 0.2) is 0 Å². The summed E-state index contributed by atoms with van der Waals surface area (Å²) in [4.78, 5) is 17.1. The van der Waals surface area contributed by atoms with E-state index < -0.39 is 24.2 Å². The van der Waals surface area contributed by atoms with Crippen molar-refractivity contribution in [2.24, 2.45) is 5.92 Å². The molecule has 2 N–H and O–H groups in total. The summed E-state index contributed by atoms with van der Waals surface area (Å²) >= 11 is 1.50. The fourth-order valence-electron chi connectivity index (χ4n) is 2.75. The van der Waals surface area contributed by atoms with E-state index in [1.807, 2.05) is 13.8 Å². The van der Waals surface area contributed by atoms with E-state index in [1.54, 1.807) is 0 Å². The van der Waals surface area contributed by atoms with Gasteiger partial charge in [0.05, 0.1) is 23.2 Å². The van der Waals surface area contributed by atoms with Crippen LogP contribution in [-0.2, 0) is 6.54 Å². The van der Waals surface area contributed by atoms with Crippen LogP contribution in [0.5, 0.6) is 0 Å². The second kappa shape index (κ2) is 6.85.